The van der Waals surface area contributed by atoms with Gasteiger partial charge in [-0.25, -0.2) is 8.42 Å². The molecule has 2 aromatic carbocycles. The predicted molar refractivity (Wildman–Crippen MR) is 123 cm³/mol. The van der Waals surface area contributed by atoms with E-state index in [2.05, 4.69) is 19.2 Å². The molecule has 0 spiro atoms. The lowest BCUT2D eigenvalue weighted by Crippen LogP contribution is -2.42. The third kappa shape index (κ3) is 6.33. The molecule has 0 unspecified atom stereocenters. The summed E-state index contributed by atoms with van der Waals surface area (Å²) in [5.41, 5.74) is 1.44. The molecule has 0 saturated carbocycles. The van der Waals surface area contributed by atoms with Gasteiger partial charge < -0.3 is 5.32 Å². The lowest BCUT2D eigenvalue weighted by molar-refractivity contribution is -0.119. The van der Waals surface area contributed by atoms with E-state index in [1.165, 1.54) is 4.31 Å². The van der Waals surface area contributed by atoms with Gasteiger partial charge in [0.15, 0.2) is 0 Å². The maximum absolute atomic E-state index is 13.4. The topological polar surface area (TPSA) is 66.5 Å². The van der Waals surface area contributed by atoms with Crippen molar-refractivity contribution in [2.24, 2.45) is 5.92 Å². The Bertz CT molecular complexity index is 898. The van der Waals surface area contributed by atoms with E-state index in [-0.39, 0.29) is 17.3 Å². The second kappa shape index (κ2) is 11.7. The highest BCUT2D eigenvalue weighted by Crippen LogP contribution is 2.27. The lowest BCUT2D eigenvalue weighted by atomic mass is 9.99. The van der Waals surface area contributed by atoms with Crippen molar-refractivity contribution >= 4 is 21.6 Å². The Morgan fingerprint density at radius 3 is 2.30 bits per heavy atom. The van der Waals surface area contributed by atoms with Crippen LogP contribution in [0.5, 0.6) is 0 Å². The number of hydrogen-bond donors (Lipinski definition) is 1. The van der Waals surface area contributed by atoms with Crippen LogP contribution >= 0.6 is 0 Å². The van der Waals surface area contributed by atoms with Gasteiger partial charge in [0, 0.05) is 6.54 Å². The quantitative estimate of drug-likeness (QED) is 0.527. The molecule has 1 atom stereocenters. The summed E-state index contributed by atoms with van der Waals surface area (Å²) in [4.78, 5) is 13.0. The summed E-state index contributed by atoms with van der Waals surface area (Å²) in [5.74, 6) is 0.131. The number of carbonyl (C=O) groups is 1. The number of para-hydroxylation sites is 1. The summed E-state index contributed by atoms with van der Waals surface area (Å²) in [5, 5.41) is 2.96. The average Bonchev–Trinajstić information content (AvgIpc) is 2.78. The van der Waals surface area contributed by atoms with Gasteiger partial charge in [0.05, 0.1) is 10.6 Å². The number of hydrogen-bond acceptors (Lipinski definition) is 3. The second-order valence-electron chi connectivity index (χ2n) is 7.53. The molecule has 2 aromatic rings. The second-order valence-corrected chi connectivity index (χ2v) is 9.39. The first kappa shape index (κ1) is 23.9. The van der Waals surface area contributed by atoms with Crippen molar-refractivity contribution in [2.45, 2.75) is 57.8 Å². The molecule has 164 valence electrons. The maximum atomic E-state index is 13.4. The minimum Gasteiger partial charge on any atom is -0.354 e. The summed E-state index contributed by atoms with van der Waals surface area (Å²) in [6.45, 7) is 6.59. The zero-order chi connectivity index (χ0) is 22.0. The summed E-state index contributed by atoms with van der Waals surface area (Å²) in [7, 11) is -3.87. The van der Waals surface area contributed by atoms with E-state index in [1.807, 2.05) is 19.1 Å². The number of nitrogens with zero attached hydrogens (tertiary/aromatic N) is 1. The van der Waals surface area contributed by atoms with E-state index in [4.69, 9.17) is 0 Å². The van der Waals surface area contributed by atoms with Crippen LogP contribution in [0.4, 0.5) is 5.69 Å². The molecule has 0 aliphatic carbocycles. The average molecular weight is 431 g/mol. The summed E-state index contributed by atoms with van der Waals surface area (Å²) in [6.07, 6.45) is 4.99. The van der Waals surface area contributed by atoms with Gasteiger partial charge in [0.25, 0.3) is 10.0 Å². The third-order valence-electron chi connectivity index (χ3n) is 5.39. The number of anilines is 1. The molecule has 0 saturated heterocycles. The van der Waals surface area contributed by atoms with Crippen molar-refractivity contribution in [3.63, 3.8) is 0 Å². The molecule has 0 heterocycles. The normalized spacial score (nSPS) is 12.4. The fraction of sp³-hybridized carbons (Fsp3) is 0.458. The zero-order valence-corrected chi connectivity index (χ0v) is 19.1. The highest BCUT2D eigenvalue weighted by Gasteiger charge is 2.28. The fourth-order valence-corrected chi connectivity index (χ4v) is 4.94. The molecule has 0 aromatic heterocycles. The SMILES string of the molecule is CCCC[C@@H](CC)CNC(=O)CN(c1ccccc1CC)S(=O)(=O)c1ccccc1. The minimum absolute atomic E-state index is 0.179. The Kier molecular flexibility index (Phi) is 9.37. The number of amides is 1. The van der Waals surface area contributed by atoms with E-state index in [0.717, 1.165) is 31.2 Å². The first-order valence-corrected chi connectivity index (χ1v) is 12.3. The highest BCUT2D eigenvalue weighted by atomic mass is 32.2. The number of nitrogens with one attached hydrogen (secondary N) is 1. The van der Waals surface area contributed by atoms with Gasteiger partial charge in [0.2, 0.25) is 5.91 Å². The minimum atomic E-state index is -3.87. The van der Waals surface area contributed by atoms with Gasteiger partial charge in [0.1, 0.15) is 6.54 Å². The van der Waals surface area contributed by atoms with E-state index in [1.54, 1.807) is 42.5 Å². The molecule has 5 nitrogen and oxygen atoms in total. The van der Waals surface area contributed by atoms with E-state index in [0.29, 0.717) is 24.6 Å². The van der Waals surface area contributed by atoms with Crippen LogP contribution in [0.1, 0.15) is 52.0 Å². The van der Waals surface area contributed by atoms with Gasteiger partial charge in [-0.3, -0.25) is 9.10 Å². The van der Waals surface area contributed by atoms with E-state index < -0.39 is 10.0 Å². The van der Waals surface area contributed by atoms with Crippen molar-refractivity contribution < 1.29 is 13.2 Å². The number of aryl methyl sites for hydroxylation is 1. The highest BCUT2D eigenvalue weighted by molar-refractivity contribution is 7.92. The third-order valence-corrected chi connectivity index (χ3v) is 7.16. The summed E-state index contributed by atoms with van der Waals surface area (Å²) in [6, 6.07) is 15.6. The molecule has 1 amide bonds. The van der Waals surface area contributed by atoms with Crippen molar-refractivity contribution in [2.75, 3.05) is 17.4 Å². The van der Waals surface area contributed by atoms with Crippen LogP contribution in [-0.2, 0) is 21.2 Å². The van der Waals surface area contributed by atoms with E-state index >= 15 is 0 Å². The predicted octanol–water partition coefficient (Wildman–Crippen LogP) is 4.78. The molecule has 0 fully saturated rings. The van der Waals surface area contributed by atoms with Crippen LogP contribution in [0.3, 0.4) is 0 Å². The summed E-state index contributed by atoms with van der Waals surface area (Å²) < 4.78 is 28.1. The Morgan fingerprint density at radius 2 is 1.67 bits per heavy atom. The summed E-state index contributed by atoms with van der Waals surface area (Å²) >= 11 is 0. The van der Waals surface area contributed by atoms with Gasteiger partial charge in [-0.1, -0.05) is 76.4 Å². The van der Waals surface area contributed by atoms with Crippen LogP contribution in [0.15, 0.2) is 59.5 Å². The number of unbranched alkanes of at least 4 members (excludes halogenated alkanes) is 1. The molecular formula is C24H34N2O3S. The Hall–Kier alpha value is -2.34. The Labute approximate surface area is 181 Å². The molecule has 0 aliphatic rings. The number of sulfonamides is 1. The first-order chi connectivity index (χ1) is 14.4. The zero-order valence-electron chi connectivity index (χ0n) is 18.3. The molecule has 0 aliphatic heterocycles. The van der Waals surface area contributed by atoms with Gasteiger partial charge >= 0.3 is 0 Å². The van der Waals surface area contributed by atoms with Crippen molar-refractivity contribution in [1.82, 2.24) is 5.32 Å². The molecule has 0 bridgehead atoms. The lowest BCUT2D eigenvalue weighted by Gasteiger charge is -2.26. The van der Waals surface area contributed by atoms with Crippen LogP contribution in [0, 0.1) is 5.92 Å². The van der Waals surface area contributed by atoms with Crippen LogP contribution in [0.25, 0.3) is 0 Å². The van der Waals surface area contributed by atoms with Gasteiger partial charge in [-0.15, -0.1) is 0 Å². The molecule has 6 heteroatoms. The Morgan fingerprint density at radius 1 is 1.00 bits per heavy atom. The van der Waals surface area contributed by atoms with E-state index in [9.17, 15) is 13.2 Å². The van der Waals surface area contributed by atoms with Crippen molar-refractivity contribution in [3.8, 4) is 0 Å². The number of carbonyl (C=O) groups excluding carboxylic acids is 1. The van der Waals surface area contributed by atoms with Crippen LogP contribution in [-0.4, -0.2) is 27.4 Å². The van der Waals surface area contributed by atoms with Crippen LogP contribution < -0.4 is 9.62 Å². The monoisotopic (exact) mass is 430 g/mol. The fourth-order valence-electron chi connectivity index (χ4n) is 3.46. The van der Waals surface area contributed by atoms with Crippen molar-refractivity contribution in [3.05, 3.63) is 60.2 Å². The Balaban J connectivity index is 2.28. The molecule has 2 rings (SSSR count). The number of benzene rings is 2. The standard InChI is InChI=1S/C24H34N2O3S/c1-4-7-13-20(5-2)18-25-24(27)19-26(23-17-12-11-14-21(23)6-3)30(28,29)22-15-9-8-10-16-22/h8-12,14-17,20H,4-7,13,18-19H2,1-3H3,(H,25,27)/t20-/m1/s1. The molecule has 0 radical (unpaired) electrons. The van der Waals surface area contributed by atoms with Crippen LogP contribution in [0.2, 0.25) is 0 Å². The van der Waals surface area contributed by atoms with Crippen molar-refractivity contribution in [1.29, 1.82) is 0 Å². The first-order valence-electron chi connectivity index (χ1n) is 10.9. The molecule has 30 heavy (non-hydrogen) atoms. The molecule has 1 N–H and O–H groups in total. The molecular weight excluding hydrogens is 396 g/mol. The smallest absolute Gasteiger partial charge is 0.264 e. The van der Waals surface area contributed by atoms with Gasteiger partial charge in [-0.2, -0.15) is 0 Å². The van der Waals surface area contributed by atoms with Gasteiger partial charge in [-0.05, 0) is 42.5 Å². The largest absolute Gasteiger partial charge is 0.354 e. The maximum Gasteiger partial charge on any atom is 0.264 e. The number of rotatable bonds is 12.